The van der Waals surface area contributed by atoms with Gasteiger partial charge in [0.15, 0.2) is 5.16 Å². The number of amides is 1. The number of hydrazine groups is 1. The van der Waals surface area contributed by atoms with E-state index < -0.39 is 0 Å². The van der Waals surface area contributed by atoms with E-state index in [1.807, 2.05) is 6.92 Å². The molecule has 1 atom stereocenters. The van der Waals surface area contributed by atoms with Crippen molar-refractivity contribution >= 4 is 17.7 Å². The number of thioether (sulfide) groups is 1. The van der Waals surface area contributed by atoms with Crippen molar-refractivity contribution in [2.45, 2.75) is 23.8 Å². The van der Waals surface area contributed by atoms with Crippen LogP contribution in [0.2, 0.25) is 0 Å². The van der Waals surface area contributed by atoms with Gasteiger partial charge in [0.05, 0.1) is 5.25 Å². The summed E-state index contributed by atoms with van der Waals surface area (Å²) in [7, 11) is 0. The Labute approximate surface area is 86.5 Å². The SMILES string of the molecule is CCC(Sc1ncccn1)C(=O)NN. The van der Waals surface area contributed by atoms with Crippen LogP contribution in [0.5, 0.6) is 0 Å². The zero-order valence-corrected chi connectivity index (χ0v) is 8.62. The summed E-state index contributed by atoms with van der Waals surface area (Å²) in [6, 6.07) is 1.73. The molecule has 0 fully saturated rings. The average molecular weight is 212 g/mol. The zero-order valence-electron chi connectivity index (χ0n) is 7.80. The molecule has 0 aliphatic heterocycles. The minimum Gasteiger partial charge on any atom is -0.293 e. The molecule has 0 aromatic carbocycles. The number of hydrogen-bond acceptors (Lipinski definition) is 5. The highest BCUT2D eigenvalue weighted by Gasteiger charge is 2.17. The molecule has 1 unspecified atom stereocenters. The average Bonchev–Trinajstić information content (AvgIpc) is 2.26. The number of nitrogens with one attached hydrogen (secondary N) is 1. The smallest absolute Gasteiger partial charge is 0.247 e. The summed E-state index contributed by atoms with van der Waals surface area (Å²) >= 11 is 1.31. The second-order valence-electron chi connectivity index (χ2n) is 2.55. The van der Waals surface area contributed by atoms with Crippen molar-refractivity contribution in [1.29, 1.82) is 0 Å². The van der Waals surface area contributed by atoms with Crippen molar-refractivity contribution in [1.82, 2.24) is 15.4 Å². The van der Waals surface area contributed by atoms with Crippen LogP contribution in [0.1, 0.15) is 13.3 Å². The quantitative estimate of drug-likeness (QED) is 0.247. The van der Waals surface area contributed by atoms with E-state index >= 15 is 0 Å². The lowest BCUT2D eigenvalue weighted by Gasteiger charge is -2.10. The first-order valence-corrected chi connectivity index (χ1v) is 5.10. The van der Waals surface area contributed by atoms with E-state index in [1.54, 1.807) is 18.5 Å². The molecule has 0 spiro atoms. The molecule has 0 aliphatic carbocycles. The molecule has 1 aromatic heterocycles. The Morgan fingerprint density at radius 1 is 1.64 bits per heavy atom. The second kappa shape index (κ2) is 5.56. The highest BCUT2D eigenvalue weighted by Crippen LogP contribution is 2.20. The molecular weight excluding hydrogens is 200 g/mol. The summed E-state index contributed by atoms with van der Waals surface area (Å²) in [5.41, 5.74) is 2.12. The summed E-state index contributed by atoms with van der Waals surface area (Å²) in [5, 5.41) is 0.352. The zero-order chi connectivity index (χ0) is 10.4. The van der Waals surface area contributed by atoms with Crippen molar-refractivity contribution < 1.29 is 4.79 Å². The number of carbonyl (C=O) groups is 1. The summed E-state index contributed by atoms with van der Waals surface area (Å²) in [4.78, 5) is 19.3. The molecule has 1 rings (SSSR count). The van der Waals surface area contributed by atoms with Gasteiger partial charge in [0.2, 0.25) is 5.91 Å². The van der Waals surface area contributed by atoms with Gasteiger partial charge >= 0.3 is 0 Å². The van der Waals surface area contributed by atoms with Crippen LogP contribution in [0.4, 0.5) is 0 Å². The first-order valence-electron chi connectivity index (χ1n) is 4.22. The monoisotopic (exact) mass is 212 g/mol. The minimum absolute atomic E-state index is 0.204. The maximum Gasteiger partial charge on any atom is 0.247 e. The van der Waals surface area contributed by atoms with E-state index in [9.17, 15) is 4.79 Å². The molecule has 1 amide bonds. The van der Waals surface area contributed by atoms with E-state index in [2.05, 4.69) is 15.4 Å². The van der Waals surface area contributed by atoms with Crippen LogP contribution in [0.3, 0.4) is 0 Å². The molecule has 14 heavy (non-hydrogen) atoms. The lowest BCUT2D eigenvalue weighted by Crippen LogP contribution is -2.37. The van der Waals surface area contributed by atoms with Gasteiger partial charge in [0.25, 0.3) is 0 Å². The lowest BCUT2D eigenvalue weighted by molar-refractivity contribution is -0.120. The van der Waals surface area contributed by atoms with Gasteiger partial charge in [-0.25, -0.2) is 15.8 Å². The summed E-state index contributed by atoms with van der Waals surface area (Å²) in [6.45, 7) is 1.91. The van der Waals surface area contributed by atoms with Crippen molar-refractivity contribution in [2.24, 2.45) is 5.84 Å². The van der Waals surface area contributed by atoms with E-state index in [4.69, 9.17) is 5.84 Å². The third-order valence-electron chi connectivity index (χ3n) is 1.60. The normalized spacial score (nSPS) is 12.1. The van der Waals surface area contributed by atoms with Crippen LogP contribution in [-0.2, 0) is 4.79 Å². The second-order valence-corrected chi connectivity index (χ2v) is 3.72. The topological polar surface area (TPSA) is 80.9 Å². The van der Waals surface area contributed by atoms with Crippen LogP contribution < -0.4 is 11.3 Å². The standard InChI is InChI=1S/C8H12N4OS/c1-2-6(7(13)12-9)14-8-10-4-3-5-11-8/h3-6H,2,9H2,1H3,(H,12,13). The van der Waals surface area contributed by atoms with Gasteiger partial charge in [0.1, 0.15) is 0 Å². The van der Waals surface area contributed by atoms with Gasteiger partial charge in [0, 0.05) is 12.4 Å². The minimum atomic E-state index is -0.234. The van der Waals surface area contributed by atoms with E-state index in [0.717, 1.165) is 0 Å². The molecule has 3 N–H and O–H groups in total. The number of rotatable bonds is 4. The highest BCUT2D eigenvalue weighted by atomic mass is 32.2. The number of nitrogens with two attached hydrogens (primary N) is 1. The van der Waals surface area contributed by atoms with Crippen LogP contribution in [0.25, 0.3) is 0 Å². The molecule has 6 heteroatoms. The molecule has 0 saturated heterocycles. The summed E-state index contributed by atoms with van der Waals surface area (Å²) in [5.74, 6) is 4.84. The fraction of sp³-hybridized carbons (Fsp3) is 0.375. The maximum absolute atomic E-state index is 11.2. The third-order valence-corrected chi connectivity index (χ3v) is 2.85. The molecular formula is C8H12N4OS. The number of hydrogen-bond donors (Lipinski definition) is 2. The highest BCUT2D eigenvalue weighted by molar-refractivity contribution is 8.00. The molecule has 1 aromatic rings. The Morgan fingerprint density at radius 3 is 2.79 bits per heavy atom. The van der Waals surface area contributed by atoms with Gasteiger partial charge in [-0.3, -0.25) is 10.2 Å². The van der Waals surface area contributed by atoms with Crippen molar-refractivity contribution in [3.63, 3.8) is 0 Å². The van der Waals surface area contributed by atoms with Crippen molar-refractivity contribution in [2.75, 3.05) is 0 Å². The lowest BCUT2D eigenvalue weighted by atomic mass is 10.3. The molecule has 0 saturated carbocycles. The van der Waals surface area contributed by atoms with Crippen LogP contribution in [0, 0.1) is 0 Å². The molecule has 1 heterocycles. The Hall–Kier alpha value is -1.14. The van der Waals surface area contributed by atoms with E-state index in [0.29, 0.717) is 11.6 Å². The van der Waals surface area contributed by atoms with E-state index in [-0.39, 0.29) is 11.2 Å². The van der Waals surface area contributed by atoms with Gasteiger partial charge in [-0.2, -0.15) is 0 Å². The number of nitrogens with zero attached hydrogens (tertiary/aromatic N) is 2. The third kappa shape index (κ3) is 2.97. The number of aromatic nitrogens is 2. The molecule has 76 valence electrons. The van der Waals surface area contributed by atoms with Crippen LogP contribution in [0.15, 0.2) is 23.6 Å². The summed E-state index contributed by atoms with van der Waals surface area (Å²) < 4.78 is 0. The first-order chi connectivity index (χ1) is 6.77. The van der Waals surface area contributed by atoms with Crippen LogP contribution in [-0.4, -0.2) is 21.1 Å². The van der Waals surface area contributed by atoms with Gasteiger partial charge in [-0.1, -0.05) is 18.7 Å². The fourth-order valence-corrected chi connectivity index (χ4v) is 1.73. The Bertz CT molecular complexity index is 293. The maximum atomic E-state index is 11.2. The largest absolute Gasteiger partial charge is 0.293 e. The van der Waals surface area contributed by atoms with Gasteiger partial charge < -0.3 is 0 Å². The number of carbonyl (C=O) groups excluding carboxylic acids is 1. The Morgan fingerprint density at radius 2 is 2.29 bits per heavy atom. The Kier molecular flexibility index (Phi) is 4.34. The summed E-state index contributed by atoms with van der Waals surface area (Å²) in [6.07, 6.45) is 3.97. The van der Waals surface area contributed by atoms with Gasteiger partial charge in [-0.05, 0) is 12.5 Å². The molecule has 0 aliphatic rings. The van der Waals surface area contributed by atoms with E-state index in [1.165, 1.54) is 11.8 Å². The van der Waals surface area contributed by atoms with Crippen molar-refractivity contribution in [3.05, 3.63) is 18.5 Å². The molecule has 0 bridgehead atoms. The first kappa shape index (κ1) is 10.9. The Balaban J connectivity index is 2.62. The van der Waals surface area contributed by atoms with Crippen molar-refractivity contribution in [3.8, 4) is 0 Å². The predicted octanol–water partition coefficient (Wildman–Crippen LogP) is 0.337. The van der Waals surface area contributed by atoms with Crippen LogP contribution >= 0.6 is 11.8 Å². The molecule has 0 radical (unpaired) electrons. The molecule has 5 nitrogen and oxygen atoms in total. The fourth-order valence-electron chi connectivity index (χ4n) is 0.889. The van der Waals surface area contributed by atoms with Gasteiger partial charge in [-0.15, -0.1) is 0 Å². The predicted molar refractivity (Wildman–Crippen MR) is 54.3 cm³/mol.